The molecule has 0 aromatic carbocycles. The van der Waals surface area contributed by atoms with Crippen molar-refractivity contribution in [3.05, 3.63) is 24.3 Å². The van der Waals surface area contributed by atoms with Gasteiger partial charge in [-0.3, -0.25) is 18.6 Å². The van der Waals surface area contributed by atoms with Gasteiger partial charge in [0.05, 0.1) is 27.7 Å². The van der Waals surface area contributed by atoms with Gasteiger partial charge in [-0.15, -0.1) is 0 Å². The maximum atomic E-state index is 12.9. The van der Waals surface area contributed by atoms with Crippen LogP contribution in [0.4, 0.5) is 0 Å². The molecule has 0 saturated carbocycles. The highest BCUT2D eigenvalue weighted by Gasteiger charge is 2.27. The van der Waals surface area contributed by atoms with Crippen LogP contribution in [-0.4, -0.2) is 74.9 Å². The van der Waals surface area contributed by atoms with Crippen molar-refractivity contribution in [1.29, 1.82) is 0 Å². The van der Waals surface area contributed by atoms with E-state index in [1.54, 1.807) is 0 Å². The Balaban J connectivity index is 3.96. The van der Waals surface area contributed by atoms with E-state index in [9.17, 15) is 19.0 Å². The summed E-state index contributed by atoms with van der Waals surface area (Å²) in [6, 6.07) is 0. The zero-order valence-electron chi connectivity index (χ0n) is 56.2. The number of phosphoric acid groups is 1. The zero-order valence-corrected chi connectivity index (χ0v) is 57.1. The van der Waals surface area contributed by atoms with Gasteiger partial charge in [-0.2, -0.15) is 0 Å². The molecule has 0 bridgehead atoms. The van der Waals surface area contributed by atoms with Crippen LogP contribution in [0, 0.1) is 0 Å². The van der Waals surface area contributed by atoms with E-state index in [0.29, 0.717) is 23.9 Å². The summed E-state index contributed by atoms with van der Waals surface area (Å²) in [5.41, 5.74) is 0. The largest absolute Gasteiger partial charge is 0.472 e. The monoisotopic (exact) mass is 1190 g/mol. The Hall–Kier alpha value is -1.51. The summed E-state index contributed by atoms with van der Waals surface area (Å²) in [5.74, 6) is -0.772. The molecule has 0 amide bonds. The van der Waals surface area contributed by atoms with Crippen molar-refractivity contribution < 1.29 is 42.1 Å². The van der Waals surface area contributed by atoms with Crippen LogP contribution in [0.3, 0.4) is 0 Å². The molecule has 9 nitrogen and oxygen atoms in total. The highest BCUT2D eigenvalue weighted by atomic mass is 31.2. The van der Waals surface area contributed by atoms with Gasteiger partial charge in [0.1, 0.15) is 19.8 Å². The molecule has 10 heteroatoms. The molecule has 0 radical (unpaired) electrons. The predicted octanol–water partition coefficient (Wildman–Crippen LogP) is 23.7. The molecule has 0 fully saturated rings. The Bertz CT molecular complexity index is 1450. The standard InChI is InChI=1S/C73H142NO8P/c1-6-8-10-12-14-16-18-20-22-24-26-28-30-32-34-36-38-39-41-43-45-47-49-51-53-55-57-59-61-63-65-72(75)79-69-71(70-81-83(77,78)80-68-67-74(3,4)5)82-73(76)66-64-62-60-58-56-54-52-50-48-46-44-42-40-37-35-33-31-29-27-25-23-21-19-17-15-13-11-9-7-2/h19,21,25,27,71H,6-18,20,22-24,26,28-70H2,1-5H3/p+1/b21-19-,27-25-. The van der Waals surface area contributed by atoms with E-state index in [-0.39, 0.29) is 25.6 Å². The van der Waals surface area contributed by atoms with Crippen molar-refractivity contribution in [2.75, 3.05) is 47.5 Å². The van der Waals surface area contributed by atoms with Crippen LogP contribution in [0.25, 0.3) is 0 Å². The van der Waals surface area contributed by atoms with E-state index in [4.69, 9.17) is 18.5 Å². The third kappa shape index (κ3) is 69.5. The average Bonchev–Trinajstić information content (AvgIpc) is 3.49. The van der Waals surface area contributed by atoms with Crippen LogP contribution >= 0.6 is 7.82 Å². The second-order valence-corrected chi connectivity index (χ2v) is 27.8. The number of allylic oxidation sites excluding steroid dienone is 4. The molecule has 0 spiro atoms. The summed E-state index contributed by atoms with van der Waals surface area (Å²) < 4.78 is 34.8. The van der Waals surface area contributed by atoms with Gasteiger partial charge in [-0.1, -0.05) is 346 Å². The first-order valence-electron chi connectivity index (χ1n) is 36.6. The number of hydrogen-bond acceptors (Lipinski definition) is 7. The Morgan fingerprint density at radius 1 is 0.373 bits per heavy atom. The number of unbranched alkanes of at least 4 members (excludes halogenated alkanes) is 51. The van der Waals surface area contributed by atoms with Gasteiger partial charge >= 0.3 is 19.8 Å². The number of carbonyl (C=O) groups is 2. The van der Waals surface area contributed by atoms with Crippen molar-refractivity contribution in [2.24, 2.45) is 0 Å². The van der Waals surface area contributed by atoms with Crippen molar-refractivity contribution in [3.63, 3.8) is 0 Å². The van der Waals surface area contributed by atoms with E-state index >= 15 is 0 Å². The fourth-order valence-electron chi connectivity index (χ4n) is 11.1. The minimum absolute atomic E-state index is 0.0355. The second kappa shape index (κ2) is 64.9. The molecular weight excluding hydrogens is 1050 g/mol. The molecule has 2 atom stereocenters. The summed E-state index contributed by atoms with van der Waals surface area (Å²) in [4.78, 5) is 35.9. The number of ether oxygens (including phenoxy) is 2. The van der Waals surface area contributed by atoms with Gasteiger partial charge in [-0.05, 0) is 44.9 Å². The molecule has 0 heterocycles. The zero-order chi connectivity index (χ0) is 60.5. The molecule has 0 aliphatic rings. The average molecular weight is 1190 g/mol. The maximum Gasteiger partial charge on any atom is 0.472 e. The number of esters is 2. The number of hydrogen-bond donors (Lipinski definition) is 1. The summed E-state index contributed by atoms with van der Waals surface area (Å²) in [7, 11) is 1.50. The van der Waals surface area contributed by atoms with Crippen molar-refractivity contribution in [3.8, 4) is 0 Å². The molecule has 2 unspecified atom stereocenters. The Morgan fingerprint density at radius 3 is 0.952 bits per heavy atom. The van der Waals surface area contributed by atoms with Crippen LogP contribution < -0.4 is 0 Å². The molecule has 1 N–H and O–H groups in total. The molecular formula is C73H143NO8P+. The lowest BCUT2D eigenvalue weighted by Gasteiger charge is -2.24. The third-order valence-electron chi connectivity index (χ3n) is 16.7. The Labute approximate surface area is 517 Å². The quantitative estimate of drug-likeness (QED) is 0.0211. The van der Waals surface area contributed by atoms with Gasteiger partial charge < -0.3 is 18.9 Å². The topological polar surface area (TPSA) is 108 Å². The van der Waals surface area contributed by atoms with E-state index < -0.39 is 26.5 Å². The number of rotatable bonds is 69. The number of phosphoric ester groups is 1. The van der Waals surface area contributed by atoms with Gasteiger partial charge in [0, 0.05) is 12.8 Å². The van der Waals surface area contributed by atoms with E-state index in [0.717, 1.165) is 38.5 Å². The van der Waals surface area contributed by atoms with E-state index in [2.05, 4.69) is 38.2 Å². The van der Waals surface area contributed by atoms with Crippen molar-refractivity contribution in [1.82, 2.24) is 0 Å². The fraction of sp³-hybridized carbons (Fsp3) is 0.918. The summed E-state index contributed by atoms with van der Waals surface area (Å²) >= 11 is 0. The molecule has 83 heavy (non-hydrogen) atoms. The molecule has 0 saturated heterocycles. The lowest BCUT2D eigenvalue weighted by Crippen LogP contribution is -2.37. The highest BCUT2D eigenvalue weighted by molar-refractivity contribution is 7.47. The predicted molar refractivity (Wildman–Crippen MR) is 358 cm³/mol. The molecule has 0 aromatic rings. The van der Waals surface area contributed by atoms with Crippen molar-refractivity contribution in [2.45, 2.75) is 386 Å². The first-order chi connectivity index (χ1) is 40.5. The van der Waals surface area contributed by atoms with Crippen LogP contribution in [-0.2, 0) is 32.7 Å². The number of quaternary nitrogens is 1. The summed E-state index contributed by atoms with van der Waals surface area (Å²) in [6.45, 7) is 4.51. The minimum Gasteiger partial charge on any atom is -0.462 e. The van der Waals surface area contributed by atoms with Crippen LogP contribution in [0.2, 0.25) is 0 Å². The minimum atomic E-state index is -4.39. The van der Waals surface area contributed by atoms with Crippen molar-refractivity contribution >= 4 is 19.8 Å². The number of nitrogens with zero attached hydrogens (tertiary/aromatic N) is 1. The summed E-state index contributed by atoms with van der Waals surface area (Å²) in [5, 5.41) is 0. The molecule has 0 aliphatic carbocycles. The fourth-order valence-corrected chi connectivity index (χ4v) is 11.9. The van der Waals surface area contributed by atoms with E-state index in [1.165, 1.54) is 308 Å². The number of likely N-dealkylation sites (N-methyl/N-ethyl adjacent to an activating group) is 1. The molecule has 0 aromatic heterocycles. The molecule has 0 aliphatic heterocycles. The smallest absolute Gasteiger partial charge is 0.462 e. The normalized spacial score (nSPS) is 13.2. The number of carbonyl (C=O) groups excluding carboxylic acids is 2. The van der Waals surface area contributed by atoms with Crippen LogP contribution in [0.1, 0.15) is 380 Å². The van der Waals surface area contributed by atoms with Crippen LogP contribution in [0.5, 0.6) is 0 Å². The van der Waals surface area contributed by atoms with Gasteiger partial charge in [-0.25, -0.2) is 4.57 Å². The first-order valence-corrected chi connectivity index (χ1v) is 38.1. The second-order valence-electron chi connectivity index (χ2n) is 26.3. The first kappa shape index (κ1) is 81.5. The SMILES string of the molecule is CCCCCCC/C=C\C/C=C\CCCCCCCCCCCCCCCCCCCC(=O)OC(COC(=O)CCCCCCCCCCCCCCCCCCCCCCCCCCCCCCCC)COP(=O)(O)OCC[N+](C)(C)C. The lowest BCUT2D eigenvalue weighted by atomic mass is 10.0. The maximum absolute atomic E-state index is 12.9. The van der Waals surface area contributed by atoms with Gasteiger partial charge in [0.2, 0.25) is 0 Å². The van der Waals surface area contributed by atoms with Gasteiger partial charge in [0.25, 0.3) is 0 Å². The Kier molecular flexibility index (Phi) is 63.8. The Morgan fingerprint density at radius 2 is 0.651 bits per heavy atom. The molecule has 492 valence electrons. The van der Waals surface area contributed by atoms with Crippen LogP contribution in [0.15, 0.2) is 24.3 Å². The van der Waals surface area contributed by atoms with Gasteiger partial charge in [0.15, 0.2) is 6.10 Å². The lowest BCUT2D eigenvalue weighted by molar-refractivity contribution is -0.870. The highest BCUT2D eigenvalue weighted by Crippen LogP contribution is 2.43. The van der Waals surface area contributed by atoms with E-state index in [1.807, 2.05) is 21.1 Å². The molecule has 0 rings (SSSR count). The third-order valence-corrected chi connectivity index (χ3v) is 17.7. The summed E-state index contributed by atoms with van der Waals surface area (Å²) in [6.07, 6.45) is 81.6.